The molecular weight excluding hydrogens is 771 g/mol. The number of allylic oxidation sites excluding steroid dienone is 4. The number of hydrogen-bond donors (Lipinski definition) is 0. The Morgan fingerprint density at radius 3 is 1.70 bits per heavy atom. The highest BCUT2D eigenvalue weighted by atomic mass is 16.3. The number of aromatic nitrogens is 5. The van der Waals surface area contributed by atoms with Gasteiger partial charge in [0.2, 0.25) is 0 Å². The van der Waals surface area contributed by atoms with Crippen LogP contribution in [0.5, 0.6) is 0 Å². The summed E-state index contributed by atoms with van der Waals surface area (Å²) in [5.74, 6) is 1.87. The summed E-state index contributed by atoms with van der Waals surface area (Å²) in [4.78, 5) is 15.6. The molecule has 0 spiro atoms. The molecule has 0 bridgehead atoms. The van der Waals surface area contributed by atoms with Crippen molar-refractivity contribution in [3.8, 4) is 39.9 Å². The lowest BCUT2D eigenvalue weighted by molar-refractivity contribution is 0.671. The fourth-order valence-corrected chi connectivity index (χ4v) is 9.81. The molecule has 8 aromatic carbocycles. The van der Waals surface area contributed by atoms with E-state index >= 15 is 0 Å². The van der Waals surface area contributed by atoms with Crippen molar-refractivity contribution in [1.29, 1.82) is 0 Å². The Hall–Kier alpha value is -8.35. The topological polar surface area (TPSA) is 61.7 Å². The van der Waals surface area contributed by atoms with Crippen LogP contribution < -0.4 is 0 Å². The van der Waals surface area contributed by atoms with Crippen molar-refractivity contribution in [1.82, 2.24) is 24.1 Å². The molecule has 12 aromatic rings. The Balaban J connectivity index is 1.04. The van der Waals surface area contributed by atoms with E-state index in [-0.39, 0.29) is 0 Å². The molecule has 0 aliphatic heterocycles. The molecule has 0 N–H and O–H groups in total. The molecule has 4 aromatic heterocycles. The minimum absolute atomic E-state index is 0.617. The fourth-order valence-electron chi connectivity index (χ4n) is 9.81. The molecule has 1 aliphatic carbocycles. The third kappa shape index (κ3) is 5.62. The lowest BCUT2D eigenvalue weighted by atomic mass is 9.94. The average Bonchev–Trinajstić information content (AvgIpc) is 4.02. The number of fused-ring (bicyclic) bond motifs is 10. The van der Waals surface area contributed by atoms with Gasteiger partial charge in [-0.05, 0) is 72.5 Å². The van der Waals surface area contributed by atoms with Gasteiger partial charge in [0.1, 0.15) is 5.58 Å². The highest BCUT2D eigenvalue weighted by Gasteiger charge is 2.26. The monoisotopic (exact) mass is 807 g/mol. The molecule has 6 nitrogen and oxygen atoms in total. The van der Waals surface area contributed by atoms with E-state index in [9.17, 15) is 0 Å². The number of hydrogen-bond acceptors (Lipinski definition) is 4. The molecule has 13 rings (SSSR count). The van der Waals surface area contributed by atoms with Crippen molar-refractivity contribution < 1.29 is 4.42 Å². The zero-order valence-corrected chi connectivity index (χ0v) is 34.1. The number of rotatable bonds is 6. The zero-order valence-electron chi connectivity index (χ0n) is 34.1. The Kier molecular flexibility index (Phi) is 7.93. The fraction of sp³-hybridized carbons (Fsp3) is 0.0351. The van der Waals surface area contributed by atoms with Gasteiger partial charge in [-0.2, -0.15) is 0 Å². The summed E-state index contributed by atoms with van der Waals surface area (Å²) in [5.41, 5.74) is 14.0. The molecule has 6 heteroatoms. The van der Waals surface area contributed by atoms with Crippen LogP contribution in [0.2, 0.25) is 0 Å². The first-order chi connectivity index (χ1) is 31.2. The maximum atomic E-state index is 6.89. The van der Waals surface area contributed by atoms with E-state index in [0.717, 1.165) is 79.0 Å². The summed E-state index contributed by atoms with van der Waals surface area (Å²) < 4.78 is 11.7. The van der Waals surface area contributed by atoms with Crippen LogP contribution in [0.3, 0.4) is 0 Å². The molecule has 0 unspecified atom stereocenters. The van der Waals surface area contributed by atoms with Crippen molar-refractivity contribution in [2.75, 3.05) is 0 Å². The van der Waals surface area contributed by atoms with E-state index in [2.05, 4.69) is 167 Å². The number of para-hydroxylation sites is 4. The van der Waals surface area contributed by atoms with E-state index in [1.54, 1.807) is 0 Å². The van der Waals surface area contributed by atoms with Crippen LogP contribution >= 0.6 is 0 Å². The second-order valence-corrected chi connectivity index (χ2v) is 16.3. The molecular formula is C57H37N5O. The zero-order chi connectivity index (χ0) is 41.4. The smallest absolute Gasteiger partial charge is 0.164 e. The SMILES string of the molecule is C1=C(c2ccc3c4ccccc4n(-c4ccccc4)c3c2)CCC(n2c3ccccc3c3c(-c4nc(-c5ccccc5)nc(-c5ccccc5)n4)cc4c5ccccc5oc4c32)=C1. The molecule has 296 valence electrons. The number of nitrogens with zero attached hydrogens (tertiary/aromatic N) is 5. The second-order valence-electron chi connectivity index (χ2n) is 16.3. The van der Waals surface area contributed by atoms with Gasteiger partial charge in [0.25, 0.3) is 0 Å². The van der Waals surface area contributed by atoms with Gasteiger partial charge in [-0.1, -0.05) is 152 Å². The average molecular weight is 808 g/mol. The minimum atomic E-state index is 0.617. The van der Waals surface area contributed by atoms with Crippen LogP contribution in [-0.4, -0.2) is 24.1 Å². The first-order valence-corrected chi connectivity index (χ1v) is 21.5. The van der Waals surface area contributed by atoms with E-state index in [1.807, 2.05) is 42.5 Å². The maximum Gasteiger partial charge on any atom is 0.164 e. The third-order valence-electron chi connectivity index (χ3n) is 12.7. The standard InChI is InChI=1S/C57H37N5O/c1-4-16-37(17-5-1)55-58-56(38-18-6-2-7-19-38)60-57(59-55)47-35-46-44-23-12-15-27-51(44)63-54(46)53-52(47)45-24-11-14-26-49(45)62(53)41-31-28-36(29-32-41)39-30-33-43-42-22-10-13-25-48(42)61(50(43)34-39)40-20-8-3-9-21-40/h1-28,30-31,33-35H,29,32H2. The van der Waals surface area contributed by atoms with E-state index < -0.39 is 0 Å². The van der Waals surface area contributed by atoms with Crippen molar-refractivity contribution >= 4 is 76.8 Å². The van der Waals surface area contributed by atoms with E-state index in [1.165, 1.54) is 38.6 Å². The molecule has 4 heterocycles. The second kappa shape index (κ2) is 14.1. The number of benzene rings is 8. The van der Waals surface area contributed by atoms with Gasteiger partial charge in [0.05, 0.1) is 22.1 Å². The van der Waals surface area contributed by atoms with Crippen molar-refractivity contribution in [3.05, 3.63) is 206 Å². The highest BCUT2D eigenvalue weighted by molar-refractivity contribution is 6.26. The van der Waals surface area contributed by atoms with Crippen LogP contribution in [0.15, 0.2) is 205 Å². The van der Waals surface area contributed by atoms with Gasteiger partial charge < -0.3 is 13.6 Å². The van der Waals surface area contributed by atoms with Crippen molar-refractivity contribution in [2.24, 2.45) is 0 Å². The largest absolute Gasteiger partial charge is 0.454 e. The van der Waals surface area contributed by atoms with Crippen LogP contribution in [-0.2, 0) is 0 Å². The van der Waals surface area contributed by atoms with Gasteiger partial charge >= 0.3 is 0 Å². The highest BCUT2D eigenvalue weighted by Crippen LogP contribution is 2.46. The molecule has 0 saturated carbocycles. The lowest BCUT2D eigenvalue weighted by Gasteiger charge is -2.19. The van der Waals surface area contributed by atoms with Gasteiger partial charge in [-0.25, -0.2) is 15.0 Å². The first kappa shape index (κ1) is 35.4. The maximum absolute atomic E-state index is 6.89. The third-order valence-corrected chi connectivity index (χ3v) is 12.7. The molecule has 0 atom stereocenters. The quantitative estimate of drug-likeness (QED) is 0.168. The van der Waals surface area contributed by atoms with Gasteiger partial charge in [0, 0.05) is 60.4 Å². The van der Waals surface area contributed by atoms with Gasteiger partial charge in [-0.15, -0.1) is 0 Å². The summed E-state index contributed by atoms with van der Waals surface area (Å²) in [6, 6.07) is 65.9. The van der Waals surface area contributed by atoms with Crippen molar-refractivity contribution in [3.63, 3.8) is 0 Å². The summed E-state index contributed by atoms with van der Waals surface area (Å²) >= 11 is 0. The van der Waals surface area contributed by atoms with Crippen LogP contribution in [0.4, 0.5) is 0 Å². The normalized spacial score (nSPS) is 13.1. The molecule has 0 amide bonds. The minimum Gasteiger partial charge on any atom is -0.454 e. The number of furan rings is 1. The summed E-state index contributed by atoms with van der Waals surface area (Å²) in [7, 11) is 0. The van der Waals surface area contributed by atoms with E-state index in [4.69, 9.17) is 19.4 Å². The Bertz CT molecular complexity index is 3780. The molecule has 0 radical (unpaired) electrons. The predicted octanol–water partition coefficient (Wildman–Crippen LogP) is 14.7. The molecule has 0 saturated heterocycles. The van der Waals surface area contributed by atoms with Crippen molar-refractivity contribution in [2.45, 2.75) is 12.8 Å². The Morgan fingerprint density at radius 1 is 0.413 bits per heavy atom. The molecule has 0 fully saturated rings. The summed E-state index contributed by atoms with van der Waals surface area (Å²) in [6.07, 6.45) is 6.36. The summed E-state index contributed by atoms with van der Waals surface area (Å²) in [5, 5.41) is 6.76. The van der Waals surface area contributed by atoms with Crippen LogP contribution in [0.1, 0.15) is 18.4 Å². The Labute approximate surface area is 362 Å². The summed E-state index contributed by atoms with van der Waals surface area (Å²) in [6.45, 7) is 0. The van der Waals surface area contributed by atoms with E-state index in [0.29, 0.717) is 17.5 Å². The molecule has 63 heavy (non-hydrogen) atoms. The van der Waals surface area contributed by atoms with Crippen LogP contribution in [0.25, 0.3) is 117 Å². The van der Waals surface area contributed by atoms with Crippen LogP contribution in [0, 0.1) is 0 Å². The Morgan fingerprint density at radius 2 is 1.00 bits per heavy atom. The molecule has 1 aliphatic rings. The van der Waals surface area contributed by atoms with Gasteiger partial charge in [-0.3, -0.25) is 0 Å². The lowest BCUT2D eigenvalue weighted by Crippen LogP contribution is -2.02. The first-order valence-electron chi connectivity index (χ1n) is 21.5. The predicted molar refractivity (Wildman–Crippen MR) is 259 cm³/mol. The van der Waals surface area contributed by atoms with Gasteiger partial charge in [0.15, 0.2) is 23.1 Å².